The molecule has 20 heavy (non-hydrogen) atoms. The van der Waals surface area contributed by atoms with E-state index in [0.29, 0.717) is 0 Å². The molecule has 0 spiro atoms. The number of alkyl halides is 1. The van der Waals surface area contributed by atoms with Crippen LogP contribution in [0.4, 0.5) is 0 Å². The minimum atomic E-state index is -0.191. The van der Waals surface area contributed by atoms with Crippen molar-refractivity contribution in [2.45, 2.75) is 50.3 Å². The predicted molar refractivity (Wildman–Crippen MR) is 83.4 cm³/mol. The average molecular weight is 289 g/mol. The highest BCUT2D eigenvalue weighted by Crippen LogP contribution is 2.35. The number of furan rings is 1. The van der Waals surface area contributed by atoms with Gasteiger partial charge in [0, 0.05) is 0 Å². The van der Waals surface area contributed by atoms with Crippen LogP contribution in [0.5, 0.6) is 0 Å². The molecular formula is C18H21ClO. The van der Waals surface area contributed by atoms with E-state index in [0.717, 1.165) is 23.0 Å². The van der Waals surface area contributed by atoms with Gasteiger partial charge in [0.15, 0.2) is 0 Å². The predicted octanol–water partition coefficient (Wildman–Crippen LogP) is 5.96. The molecule has 2 heteroatoms. The maximum absolute atomic E-state index is 6.49. The summed E-state index contributed by atoms with van der Waals surface area (Å²) >= 11 is 6.49. The van der Waals surface area contributed by atoms with Crippen LogP contribution in [0, 0.1) is 6.92 Å². The van der Waals surface area contributed by atoms with Gasteiger partial charge in [0.05, 0.1) is 0 Å². The lowest BCUT2D eigenvalue weighted by Crippen LogP contribution is -2.04. The third-order valence-electron chi connectivity index (χ3n) is 4.32. The van der Waals surface area contributed by atoms with Crippen molar-refractivity contribution in [3.8, 4) is 0 Å². The van der Waals surface area contributed by atoms with Crippen LogP contribution in [0.15, 0.2) is 40.8 Å². The largest absolute Gasteiger partial charge is 0.464 e. The number of halogens is 1. The molecular weight excluding hydrogens is 268 g/mol. The fourth-order valence-corrected chi connectivity index (χ4v) is 3.39. The first kappa shape index (κ1) is 13.8. The maximum atomic E-state index is 6.49. The van der Waals surface area contributed by atoms with Gasteiger partial charge in [0.2, 0.25) is 0 Å². The highest BCUT2D eigenvalue weighted by Gasteiger charge is 2.17. The molecule has 106 valence electrons. The smallest absolute Gasteiger partial charge is 0.126 e. The number of rotatable bonds is 3. The molecule has 1 fully saturated rings. The Hall–Kier alpha value is -1.21. The second-order valence-corrected chi connectivity index (χ2v) is 6.25. The Morgan fingerprint density at radius 3 is 2.30 bits per heavy atom. The molecule has 0 N–H and O–H groups in total. The van der Waals surface area contributed by atoms with E-state index in [1.807, 2.05) is 19.1 Å². The monoisotopic (exact) mass is 288 g/mol. The molecule has 0 aliphatic heterocycles. The van der Waals surface area contributed by atoms with Crippen LogP contribution in [0.2, 0.25) is 0 Å². The van der Waals surface area contributed by atoms with E-state index >= 15 is 0 Å². The standard InChI is InChI=1S/C18H21ClO/c1-13-7-12-17(20-13)18(19)16-10-8-15(9-11-16)14-5-3-2-4-6-14/h7-12,14,18H,2-6H2,1H3. The van der Waals surface area contributed by atoms with Gasteiger partial charge >= 0.3 is 0 Å². The molecule has 0 saturated heterocycles. The second kappa shape index (κ2) is 6.05. The van der Waals surface area contributed by atoms with E-state index in [9.17, 15) is 0 Å². The molecule has 3 rings (SSSR count). The molecule has 1 atom stereocenters. The molecule has 1 heterocycles. The van der Waals surface area contributed by atoms with E-state index in [1.54, 1.807) is 0 Å². The van der Waals surface area contributed by atoms with E-state index in [-0.39, 0.29) is 5.38 Å². The molecule has 1 unspecified atom stereocenters. The first-order chi connectivity index (χ1) is 9.74. The van der Waals surface area contributed by atoms with Crippen molar-refractivity contribution in [1.82, 2.24) is 0 Å². The number of aryl methyl sites for hydroxylation is 1. The zero-order valence-corrected chi connectivity index (χ0v) is 12.7. The Labute approximate surface area is 125 Å². The quantitative estimate of drug-likeness (QED) is 0.635. The lowest BCUT2D eigenvalue weighted by Gasteiger charge is -2.22. The molecule has 1 aliphatic carbocycles. The van der Waals surface area contributed by atoms with Crippen LogP contribution >= 0.6 is 11.6 Å². The second-order valence-electron chi connectivity index (χ2n) is 5.81. The lowest BCUT2D eigenvalue weighted by molar-refractivity contribution is 0.443. The summed E-state index contributed by atoms with van der Waals surface area (Å²) in [6.45, 7) is 1.94. The van der Waals surface area contributed by atoms with Crippen molar-refractivity contribution >= 4 is 11.6 Å². The number of benzene rings is 1. The Bertz CT molecular complexity index is 549. The van der Waals surface area contributed by atoms with Gasteiger partial charge in [-0.2, -0.15) is 0 Å². The molecule has 1 aliphatic rings. The highest BCUT2D eigenvalue weighted by molar-refractivity contribution is 6.22. The van der Waals surface area contributed by atoms with Gasteiger partial charge in [0.25, 0.3) is 0 Å². The summed E-state index contributed by atoms with van der Waals surface area (Å²) < 4.78 is 5.61. The van der Waals surface area contributed by atoms with Crippen LogP contribution in [-0.2, 0) is 0 Å². The molecule has 1 aromatic heterocycles. The Balaban J connectivity index is 1.75. The summed E-state index contributed by atoms with van der Waals surface area (Å²) in [4.78, 5) is 0. The summed E-state index contributed by atoms with van der Waals surface area (Å²) in [7, 11) is 0. The SMILES string of the molecule is Cc1ccc(C(Cl)c2ccc(C3CCCCC3)cc2)o1. The molecule has 0 radical (unpaired) electrons. The normalized spacial score (nSPS) is 18.1. The zero-order valence-electron chi connectivity index (χ0n) is 11.9. The topological polar surface area (TPSA) is 13.1 Å². The van der Waals surface area contributed by atoms with E-state index in [1.165, 1.54) is 37.7 Å². The van der Waals surface area contributed by atoms with E-state index in [2.05, 4.69) is 24.3 Å². The zero-order chi connectivity index (χ0) is 13.9. The van der Waals surface area contributed by atoms with Gasteiger partial charge in [-0.3, -0.25) is 0 Å². The van der Waals surface area contributed by atoms with Crippen molar-refractivity contribution in [3.63, 3.8) is 0 Å². The van der Waals surface area contributed by atoms with Crippen LogP contribution in [0.25, 0.3) is 0 Å². The Kier molecular flexibility index (Phi) is 4.16. The summed E-state index contributed by atoms with van der Waals surface area (Å²) in [6, 6.07) is 12.7. The first-order valence-electron chi connectivity index (χ1n) is 7.54. The van der Waals surface area contributed by atoms with Crippen molar-refractivity contribution in [2.24, 2.45) is 0 Å². The van der Waals surface area contributed by atoms with Gasteiger partial charge in [0.1, 0.15) is 16.9 Å². The minimum absolute atomic E-state index is 0.191. The van der Waals surface area contributed by atoms with Gasteiger partial charge < -0.3 is 4.42 Å². The number of hydrogen-bond acceptors (Lipinski definition) is 1. The summed E-state index contributed by atoms with van der Waals surface area (Å²) in [6.07, 6.45) is 6.81. The fraction of sp³-hybridized carbons (Fsp3) is 0.444. The third-order valence-corrected chi connectivity index (χ3v) is 4.78. The van der Waals surface area contributed by atoms with E-state index in [4.69, 9.17) is 16.0 Å². The maximum Gasteiger partial charge on any atom is 0.126 e. The Morgan fingerprint density at radius 2 is 1.70 bits per heavy atom. The van der Waals surface area contributed by atoms with Crippen molar-refractivity contribution < 1.29 is 4.42 Å². The average Bonchev–Trinajstić information content (AvgIpc) is 2.94. The minimum Gasteiger partial charge on any atom is -0.464 e. The van der Waals surface area contributed by atoms with Crippen LogP contribution < -0.4 is 0 Å². The first-order valence-corrected chi connectivity index (χ1v) is 7.98. The van der Waals surface area contributed by atoms with Crippen molar-refractivity contribution in [3.05, 3.63) is 59.0 Å². The lowest BCUT2D eigenvalue weighted by atomic mass is 9.84. The van der Waals surface area contributed by atoms with Gasteiger partial charge in [-0.15, -0.1) is 11.6 Å². The molecule has 0 amide bonds. The van der Waals surface area contributed by atoms with Crippen LogP contribution in [-0.4, -0.2) is 0 Å². The highest BCUT2D eigenvalue weighted by atomic mass is 35.5. The van der Waals surface area contributed by atoms with E-state index < -0.39 is 0 Å². The molecule has 1 aromatic carbocycles. The van der Waals surface area contributed by atoms with Crippen LogP contribution in [0.3, 0.4) is 0 Å². The fourth-order valence-electron chi connectivity index (χ4n) is 3.13. The van der Waals surface area contributed by atoms with Gasteiger partial charge in [-0.1, -0.05) is 43.5 Å². The summed E-state index contributed by atoms with van der Waals surface area (Å²) in [5, 5.41) is -0.191. The third kappa shape index (κ3) is 2.93. The van der Waals surface area contributed by atoms with Gasteiger partial charge in [-0.25, -0.2) is 0 Å². The van der Waals surface area contributed by atoms with Crippen LogP contribution in [0.1, 0.15) is 66.0 Å². The molecule has 0 bridgehead atoms. The molecule has 1 nitrogen and oxygen atoms in total. The van der Waals surface area contributed by atoms with Gasteiger partial charge in [-0.05, 0) is 48.9 Å². The number of hydrogen-bond donors (Lipinski definition) is 0. The summed E-state index contributed by atoms with van der Waals surface area (Å²) in [5.41, 5.74) is 2.58. The molecule has 1 saturated carbocycles. The summed E-state index contributed by atoms with van der Waals surface area (Å²) in [5.74, 6) is 2.48. The van der Waals surface area contributed by atoms with Crippen molar-refractivity contribution in [2.75, 3.05) is 0 Å². The molecule has 2 aromatic rings. The Morgan fingerprint density at radius 1 is 1.00 bits per heavy atom. The van der Waals surface area contributed by atoms with Crippen molar-refractivity contribution in [1.29, 1.82) is 0 Å².